The maximum absolute atomic E-state index is 12.6. The number of hydrogen-bond donors (Lipinski definition) is 1. The summed E-state index contributed by atoms with van der Waals surface area (Å²) in [7, 11) is 1.53. The minimum Gasteiger partial charge on any atom is -0.506 e. The van der Waals surface area contributed by atoms with Gasteiger partial charge in [-0.3, -0.25) is 0 Å². The number of hydrogen-bond acceptors (Lipinski definition) is 6. The standard InChI is InChI=1S/C27H22N2O4/c1-3-6-18-9-16-24(25(17-18)32-2)33-27(31)20-10-13-21(14-11-20)28-29-26-22-8-5-4-7-19(22)12-15-23(26)30/h3-17,30H,1-2H3/b6-3+,29-28?. The zero-order chi connectivity index (χ0) is 23.2. The number of ether oxygens (including phenoxy) is 2. The van der Waals surface area contributed by atoms with Crippen LogP contribution in [0, 0.1) is 0 Å². The number of esters is 1. The first-order valence-electron chi connectivity index (χ1n) is 10.3. The average Bonchev–Trinajstić information content (AvgIpc) is 2.84. The Balaban J connectivity index is 1.51. The molecule has 4 aromatic rings. The molecule has 0 fully saturated rings. The molecule has 0 aliphatic rings. The van der Waals surface area contributed by atoms with E-state index in [1.165, 1.54) is 7.11 Å². The summed E-state index contributed by atoms with van der Waals surface area (Å²) in [6, 6.07) is 22.9. The smallest absolute Gasteiger partial charge is 0.343 e. The van der Waals surface area contributed by atoms with Gasteiger partial charge in [-0.05, 0) is 60.3 Å². The topological polar surface area (TPSA) is 80.5 Å². The molecule has 6 nitrogen and oxygen atoms in total. The number of phenolic OH excluding ortho intramolecular Hbond substituents is 1. The number of benzene rings is 4. The highest BCUT2D eigenvalue weighted by atomic mass is 16.6. The van der Waals surface area contributed by atoms with Crippen molar-refractivity contribution in [1.82, 2.24) is 0 Å². The molecule has 0 atom stereocenters. The summed E-state index contributed by atoms with van der Waals surface area (Å²) in [4.78, 5) is 12.6. The largest absolute Gasteiger partial charge is 0.506 e. The van der Waals surface area contributed by atoms with Crippen LogP contribution in [0.3, 0.4) is 0 Å². The molecule has 0 heterocycles. The number of allylic oxidation sites excluding steroid dienone is 1. The van der Waals surface area contributed by atoms with Crippen molar-refractivity contribution in [2.24, 2.45) is 10.2 Å². The van der Waals surface area contributed by atoms with E-state index in [1.807, 2.05) is 55.5 Å². The number of azo groups is 1. The lowest BCUT2D eigenvalue weighted by Gasteiger charge is -2.10. The van der Waals surface area contributed by atoms with Crippen LogP contribution in [0.15, 0.2) is 95.2 Å². The lowest BCUT2D eigenvalue weighted by atomic mass is 10.1. The highest BCUT2D eigenvalue weighted by molar-refractivity contribution is 5.95. The summed E-state index contributed by atoms with van der Waals surface area (Å²) in [5.41, 5.74) is 2.24. The van der Waals surface area contributed by atoms with Crippen LogP contribution >= 0.6 is 0 Å². The first-order valence-corrected chi connectivity index (χ1v) is 10.3. The molecule has 0 aliphatic heterocycles. The Kier molecular flexibility index (Phi) is 6.45. The van der Waals surface area contributed by atoms with Crippen molar-refractivity contribution in [1.29, 1.82) is 0 Å². The molecule has 0 radical (unpaired) electrons. The minimum atomic E-state index is -0.512. The highest BCUT2D eigenvalue weighted by Crippen LogP contribution is 2.36. The molecule has 0 bridgehead atoms. The van der Waals surface area contributed by atoms with E-state index in [-0.39, 0.29) is 5.75 Å². The first-order chi connectivity index (χ1) is 16.1. The summed E-state index contributed by atoms with van der Waals surface area (Å²) >= 11 is 0. The maximum Gasteiger partial charge on any atom is 0.343 e. The number of phenols is 1. The second-order valence-corrected chi connectivity index (χ2v) is 7.20. The minimum absolute atomic E-state index is 0.0482. The van der Waals surface area contributed by atoms with Crippen LogP contribution in [-0.4, -0.2) is 18.2 Å². The van der Waals surface area contributed by atoms with Crippen molar-refractivity contribution >= 4 is 34.2 Å². The Morgan fingerprint density at radius 3 is 2.45 bits per heavy atom. The summed E-state index contributed by atoms with van der Waals surface area (Å²) in [5, 5.41) is 20.4. The van der Waals surface area contributed by atoms with Gasteiger partial charge in [-0.25, -0.2) is 4.79 Å². The van der Waals surface area contributed by atoms with Crippen LogP contribution in [0.4, 0.5) is 11.4 Å². The molecule has 4 aromatic carbocycles. The molecular formula is C27H22N2O4. The van der Waals surface area contributed by atoms with E-state index in [9.17, 15) is 9.90 Å². The second kappa shape index (κ2) is 9.78. The van der Waals surface area contributed by atoms with Gasteiger partial charge in [0.25, 0.3) is 0 Å². The van der Waals surface area contributed by atoms with E-state index >= 15 is 0 Å². The van der Waals surface area contributed by atoms with Gasteiger partial charge in [0.1, 0.15) is 11.4 Å². The van der Waals surface area contributed by atoms with Gasteiger partial charge in [0.15, 0.2) is 11.5 Å². The fraction of sp³-hybridized carbons (Fsp3) is 0.0741. The van der Waals surface area contributed by atoms with Crippen molar-refractivity contribution in [2.75, 3.05) is 7.11 Å². The van der Waals surface area contributed by atoms with Crippen LogP contribution < -0.4 is 9.47 Å². The molecule has 0 aliphatic carbocycles. The van der Waals surface area contributed by atoms with Gasteiger partial charge in [-0.2, -0.15) is 5.11 Å². The summed E-state index contributed by atoms with van der Waals surface area (Å²) in [5.74, 6) is 0.347. The number of rotatable bonds is 6. The molecule has 0 unspecified atom stereocenters. The van der Waals surface area contributed by atoms with Crippen LogP contribution in [0.5, 0.6) is 17.2 Å². The van der Waals surface area contributed by atoms with Gasteiger partial charge in [0, 0.05) is 5.39 Å². The molecule has 4 rings (SSSR count). The van der Waals surface area contributed by atoms with E-state index in [4.69, 9.17) is 9.47 Å². The molecule has 164 valence electrons. The van der Waals surface area contributed by atoms with Gasteiger partial charge in [-0.15, -0.1) is 5.11 Å². The molecule has 0 saturated heterocycles. The van der Waals surface area contributed by atoms with Crippen LogP contribution in [-0.2, 0) is 0 Å². The molecule has 6 heteroatoms. The van der Waals surface area contributed by atoms with Crippen molar-refractivity contribution < 1.29 is 19.4 Å². The van der Waals surface area contributed by atoms with Crippen molar-refractivity contribution in [2.45, 2.75) is 6.92 Å². The second-order valence-electron chi connectivity index (χ2n) is 7.20. The van der Waals surface area contributed by atoms with E-state index < -0.39 is 5.97 Å². The van der Waals surface area contributed by atoms with Crippen molar-refractivity contribution in [3.05, 3.63) is 96.1 Å². The Hall–Kier alpha value is -4.45. The van der Waals surface area contributed by atoms with Crippen LogP contribution in [0.25, 0.3) is 16.8 Å². The summed E-state index contributed by atoms with van der Waals surface area (Å²) in [6.07, 6.45) is 3.85. The van der Waals surface area contributed by atoms with Gasteiger partial charge in [0.2, 0.25) is 0 Å². The molecule has 0 aromatic heterocycles. The van der Waals surface area contributed by atoms with Gasteiger partial charge >= 0.3 is 5.97 Å². The van der Waals surface area contributed by atoms with E-state index in [0.29, 0.717) is 28.4 Å². The molecule has 0 saturated carbocycles. The van der Waals surface area contributed by atoms with Gasteiger partial charge in [-0.1, -0.05) is 48.6 Å². The Morgan fingerprint density at radius 1 is 0.909 bits per heavy atom. The van der Waals surface area contributed by atoms with E-state index in [2.05, 4.69) is 10.2 Å². The monoisotopic (exact) mass is 438 g/mol. The SMILES string of the molecule is C/C=C/c1ccc(OC(=O)c2ccc(N=Nc3c(O)ccc4ccccc34)cc2)c(OC)c1. The molecule has 33 heavy (non-hydrogen) atoms. The number of carbonyl (C=O) groups is 1. The van der Waals surface area contributed by atoms with Crippen molar-refractivity contribution in [3.8, 4) is 17.2 Å². The number of fused-ring (bicyclic) bond motifs is 1. The summed E-state index contributed by atoms with van der Waals surface area (Å²) < 4.78 is 10.9. The molecule has 0 spiro atoms. The van der Waals surface area contributed by atoms with Gasteiger partial charge < -0.3 is 14.6 Å². The van der Waals surface area contributed by atoms with E-state index in [0.717, 1.165) is 16.3 Å². The van der Waals surface area contributed by atoms with Gasteiger partial charge in [0.05, 0.1) is 18.4 Å². The van der Waals surface area contributed by atoms with Crippen molar-refractivity contribution in [3.63, 3.8) is 0 Å². The lowest BCUT2D eigenvalue weighted by molar-refractivity contribution is 0.0729. The lowest BCUT2D eigenvalue weighted by Crippen LogP contribution is -2.09. The maximum atomic E-state index is 12.6. The number of carbonyl (C=O) groups excluding carboxylic acids is 1. The third kappa shape index (κ3) is 4.91. The summed E-state index contributed by atoms with van der Waals surface area (Å²) in [6.45, 7) is 1.93. The predicted molar refractivity (Wildman–Crippen MR) is 129 cm³/mol. The fourth-order valence-electron chi connectivity index (χ4n) is 3.34. The zero-order valence-corrected chi connectivity index (χ0v) is 18.2. The number of aromatic hydroxyl groups is 1. The fourth-order valence-corrected chi connectivity index (χ4v) is 3.34. The average molecular weight is 438 g/mol. The quantitative estimate of drug-likeness (QED) is 0.196. The Morgan fingerprint density at radius 2 is 1.70 bits per heavy atom. The molecule has 1 N–H and O–H groups in total. The Labute approximate surface area is 191 Å². The third-order valence-electron chi connectivity index (χ3n) is 5.00. The predicted octanol–water partition coefficient (Wildman–Crippen LogP) is 7.22. The molecule has 0 amide bonds. The van der Waals surface area contributed by atoms with E-state index in [1.54, 1.807) is 42.5 Å². The highest BCUT2D eigenvalue weighted by Gasteiger charge is 2.13. The number of methoxy groups -OCH3 is 1. The van der Waals surface area contributed by atoms with Crippen LogP contribution in [0.2, 0.25) is 0 Å². The number of nitrogens with zero attached hydrogens (tertiary/aromatic N) is 2. The van der Waals surface area contributed by atoms with Crippen LogP contribution in [0.1, 0.15) is 22.8 Å². The Bertz CT molecular complexity index is 1360. The zero-order valence-electron chi connectivity index (χ0n) is 18.2. The normalized spacial score (nSPS) is 11.3. The third-order valence-corrected chi connectivity index (χ3v) is 5.00. The molecular weight excluding hydrogens is 416 g/mol. The first kappa shape index (κ1) is 21.8.